The third kappa shape index (κ3) is 1.93. The molecule has 0 radical (unpaired) electrons. The van der Waals surface area contributed by atoms with Crippen LogP contribution in [0.5, 0.6) is 0 Å². The van der Waals surface area contributed by atoms with Gasteiger partial charge in [0.1, 0.15) is 11.8 Å². The van der Waals surface area contributed by atoms with Gasteiger partial charge in [0.25, 0.3) is 0 Å². The minimum Gasteiger partial charge on any atom is -0.384 e. The molecule has 0 saturated carbocycles. The molecular weight excluding hydrogens is 258 g/mol. The van der Waals surface area contributed by atoms with Gasteiger partial charge in [0.15, 0.2) is 0 Å². The quantitative estimate of drug-likeness (QED) is 0.733. The third-order valence-electron chi connectivity index (χ3n) is 3.96. The Morgan fingerprint density at radius 3 is 2.90 bits per heavy atom. The van der Waals surface area contributed by atoms with Gasteiger partial charge in [-0.3, -0.25) is 0 Å². The summed E-state index contributed by atoms with van der Waals surface area (Å²) < 4.78 is 0. The highest BCUT2D eigenvalue weighted by Crippen LogP contribution is 2.31. The van der Waals surface area contributed by atoms with Crippen molar-refractivity contribution >= 4 is 16.6 Å². The van der Waals surface area contributed by atoms with Gasteiger partial charge in [-0.1, -0.05) is 24.3 Å². The number of para-hydroxylation sites is 1. The SMILES string of the molecule is N#Cc1nc2ccccc2cc1-c1ccc2c(c1)CCN2. The number of aromatic nitrogens is 1. The van der Waals surface area contributed by atoms with E-state index in [-0.39, 0.29) is 0 Å². The first-order valence-electron chi connectivity index (χ1n) is 7.02. The lowest BCUT2D eigenvalue weighted by Crippen LogP contribution is -1.92. The fraction of sp³-hybridized carbons (Fsp3) is 0.111. The van der Waals surface area contributed by atoms with Crippen molar-refractivity contribution in [3.8, 4) is 17.2 Å². The number of hydrogen-bond acceptors (Lipinski definition) is 3. The number of anilines is 1. The second-order valence-corrected chi connectivity index (χ2v) is 5.24. The first-order valence-corrected chi connectivity index (χ1v) is 7.02. The maximum atomic E-state index is 9.41. The standard InChI is InChI=1S/C18H13N3/c19-11-18-15(10-13-3-1-2-4-17(13)21-18)12-5-6-16-14(9-12)7-8-20-16/h1-6,9-10,20H,7-8H2. The third-order valence-corrected chi connectivity index (χ3v) is 3.96. The van der Waals surface area contributed by atoms with E-state index in [0.29, 0.717) is 5.69 Å². The molecule has 3 nitrogen and oxygen atoms in total. The molecule has 1 aromatic heterocycles. The Balaban J connectivity index is 1.95. The fourth-order valence-corrected chi connectivity index (χ4v) is 2.89. The van der Waals surface area contributed by atoms with Crippen LogP contribution in [-0.4, -0.2) is 11.5 Å². The van der Waals surface area contributed by atoms with Gasteiger partial charge in [-0.15, -0.1) is 0 Å². The van der Waals surface area contributed by atoms with Crippen LogP contribution in [0.15, 0.2) is 48.5 Å². The summed E-state index contributed by atoms with van der Waals surface area (Å²) in [7, 11) is 0. The Bertz CT molecular complexity index is 891. The maximum absolute atomic E-state index is 9.41. The summed E-state index contributed by atoms with van der Waals surface area (Å²) >= 11 is 0. The van der Waals surface area contributed by atoms with Gasteiger partial charge < -0.3 is 5.32 Å². The van der Waals surface area contributed by atoms with Crippen molar-refractivity contribution < 1.29 is 0 Å². The number of rotatable bonds is 1. The molecule has 2 aromatic carbocycles. The number of hydrogen-bond donors (Lipinski definition) is 1. The van der Waals surface area contributed by atoms with E-state index in [2.05, 4.69) is 40.6 Å². The van der Waals surface area contributed by atoms with Gasteiger partial charge >= 0.3 is 0 Å². The lowest BCUT2D eigenvalue weighted by atomic mass is 9.99. The lowest BCUT2D eigenvalue weighted by Gasteiger charge is -2.08. The smallest absolute Gasteiger partial charge is 0.149 e. The zero-order valence-electron chi connectivity index (χ0n) is 11.4. The molecule has 3 aromatic rings. The van der Waals surface area contributed by atoms with E-state index < -0.39 is 0 Å². The van der Waals surface area contributed by atoms with E-state index in [0.717, 1.165) is 35.0 Å². The molecule has 21 heavy (non-hydrogen) atoms. The Labute approximate surface area is 122 Å². The largest absolute Gasteiger partial charge is 0.384 e. The van der Waals surface area contributed by atoms with Crippen molar-refractivity contribution in [1.82, 2.24) is 4.98 Å². The van der Waals surface area contributed by atoms with Crippen LogP contribution >= 0.6 is 0 Å². The van der Waals surface area contributed by atoms with E-state index in [4.69, 9.17) is 0 Å². The maximum Gasteiger partial charge on any atom is 0.149 e. The number of fused-ring (bicyclic) bond motifs is 2. The molecule has 0 aliphatic carbocycles. The van der Waals surface area contributed by atoms with Gasteiger partial charge in [-0.25, -0.2) is 4.98 Å². The normalized spacial score (nSPS) is 12.7. The van der Waals surface area contributed by atoms with Crippen LogP contribution in [-0.2, 0) is 6.42 Å². The summed E-state index contributed by atoms with van der Waals surface area (Å²) in [6, 6.07) is 18.5. The molecule has 1 aliphatic rings. The number of nitrogens with one attached hydrogen (secondary N) is 1. The lowest BCUT2D eigenvalue weighted by molar-refractivity contribution is 1.11. The molecule has 0 amide bonds. The van der Waals surface area contributed by atoms with Crippen LogP contribution in [0.25, 0.3) is 22.0 Å². The van der Waals surface area contributed by atoms with Crippen molar-refractivity contribution in [3.05, 3.63) is 59.8 Å². The molecule has 1 N–H and O–H groups in total. The van der Waals surface area contributed by atoms with Crippen molar-refractivity contribution in [2.75, 3.05) is 11.9 Å². The Hall–Kier alpha value is -2.86. The predicted octanol–water partition coefficient (Wildman–Crippen LogP) is 3.74. The van der Waals surface area contributed by atoms with E-state index in [1.807, 2.05) is 24.3 Å². The predicted molar refractivity (Wildman–Crippen MR) is 84.1 cm³/mol. The van der Waals surface area contributed by atoms with E-state index in [1.165, 1.54) is 11.3 Å². The fourth-order valence-electron chi connectivity index (χ4n) is 2.89. The minimum atomic E-state index is 0.486. The second-order valence-electron chi connectivity index (χ2n) is 5.24. The zero-order valence-corrected chi connectivity index (χ0v) is 11.4. The number of nitrogens with zero attached hydrogens (tertiary/aromatic N) is 2. The highest BCUT2D eigenvalue weighted by atomic mass is 14.9. The first kappa shape index (κ1) is 11.9. The minimum absolute atomic E-state index is 0.486. The Kier molecular flexibility index (Phi) is 2.61. The molecule has 4 rings (SSSR count). The zero-order chi connectivity index (χ0) is 14.2. The molecule has 1 aliphatic heterocycles. The average molecular weight is 271 g/mol. The summed E-state index contributed by atoms with van der Waals surface area (Å²) in [5.74, 6) is 0. The van der Waals surface area contributed by atoms with Crippen molar-refractivity contribution in [2.45, 2.75) is 6.42 Å². The van der Waals surface area contributed by atoms with Crippen LogP contribution in [0.4, 0.5) is 5.69 Å². The molecular formula is C18H13N3. The summed E-state index contributed by atoms with van der Waals surface area (Å²) in [5, 5.41) is 13.8. The highest BCUT2D eigenvalue weighted by molar-refractivity contribution is 5.86. The van der Waals surface area contributed by atoms with E-state index in [9.17, 15) is 5.26 Å². The number of nitriles is 1. The van der Waals surface area contributed by atoms with Crippen molar-refractivity contribution in [3.63, 3.8) is 0 Å². The summed E-state index contributed by atoms with van der Waals surface area (Å²) in [4.78, 5) is 4.49. The summed E-state index contributed by atoms with van der Waals surface area (Å²) in [6.45, 7) is 0.986. The molecule has 100 valence electrons. The van der Waals surface area contributed by atoms with Crippen LogP contribution in [0.1, 0.15) is 11.3 Å². The number of benzene rings is 2. The van der Waals surface area contributed by atoms with Crippen LogP contribution in [0.3, 0.4) is 0 Å². The van der Waals surface area contributed by atoms with Crippen molar-refractivity contribution in [2.24, 2.45) is 0 Å². The monoisotopic (exact) mass is 271 g/mol. The Morgan fingerprint density at radius 1 is 1.10 bits per heavy atom. The molecule has 3 heteroatoms. The van der Waals surface area contributed by atoms with Crippen molar-refractivity contribution in [1.29, 1.82) is 5.26 Å². The Morgan fingerprint density at radius 2 is 2.00 bits per heavy atom. The van der Waals surface area contributed by atoms with E-state index >= 15 is 0 Å². The van der Waals surface area contributed by atoms with Gasteiger partial charge in [0.2, 0.25) is 0 Å². The molecule has 0 spiro atoms. The summed E-state index contributed by atoms with van der Waals surface area (Å²) in [5.41, 5.74) is 5.83. The molecule has 0 saturated heterocycles. The van der Waals surface area contributed by atoms with Crippen LogP contribution in [0, 0.1) is 11.3 Å². The average Bonchev–Trinajstić information content (AvgIpc) is 3.01. The van der Waals surface area contributed by atoms with Gasteiger partial charge in [-0.2, -0.15) is 5.26 Å². The molecule has 0 bridgehead atoms. The molecule has 0 unspecified atom stereocenters. The number of pyridine rings is 1. The first-order chi connectivity index (χ1) is 10.3. The highest BCUT2D eigenvalue weighted by Gasteiger charge is 2.13. The van der Waals surface area contributed by atoms with E-state index in [1.54, 1.807) is 0 Å². The molecule has 0 fully saturated rings. The second kappa shape index (κ2) is 4.60. The van der Waals surface area contributed by atoms with Crippen LogP contribution in [0.2, 0.25) is 0 Å². The van der Waals surface area contributed by atoms with Gasteiger partial charge in [0, 0.05) is 23.2 Å². The van der Waals surface area contributed by atoms with Gasteiger partial charge in [-0.05, 0) is 41.8 Å². The molecule has 0 atom stereocenters. The van der Waals surface area contributed by atoms with Crippen LogP contribution < -0.4 is 5.32 Å². The summed E-state index contributed by atoms with van der Waals surface area (Å²) in [6.07, 6.45) is 1.03. The topological polar surface area (TPSA) is 48.7 Å². The van der Waals surface area contributed by atoms with Gasteiger partial charge in [0.05, 0.1) is 5.52 Å². The molecule has 2 heterocycles.